The third kappa shape index (κ3) is 5.94. The van der Waals surface area contributed by atoms with Crippen molar-refractivity contribution in [1.29, 1.82) is 0 Å². The van der Waals surface area contributed by atoms with Gasteiger partial charge >= 0.3 is 5.97 Å². The van der Waals surface area contributed by atoms with Crippen LogP contribution < -0.4 is 15.4 Å². The zero-order valence-electron chi connectivity index (χ0n) is 11.9. The van der Waals surface area contributed by atoms with Gasteiger partial charge in [0.15, 0.2) is 6.61 Å². The van der Waals surface area contributed by atoms with Gasteiger partial charge in [0.2, 0.25) is 5.91 Å². The Hall–Kier alpha value is -2.57. The lowest BCUT2D eigenvalue weighted by Gasteiger charge is -2.20. The predicted molar refractivity (Wildman–Crippen MR) is 74.8 cm³/mol. The van der Waals surface area contributed by atoms with Gasteiger partial charge < -0.3 is 20.5 Å². The van der Waals surface area contributed by atoms with Crippen molar-refractivity contribution in [2.75, 3.05) is 13.2 Å². The largest absolute Gasteiger partial charge is 0.484 e. The average molecular weight is 294 g/mol. The molecule has 0 aromatic heterocycles. The molecule has 1 rings (SSSR count). The molecule has 0 spiro atoms. The number of hydrogen-bond donors (Lipinski definition) is 3. The van der Waals surface area contributed by atoms with E-state index in [1.165, 1.54) is 13.8 Å². The van der Waals surface area contributed by atoms with Crippen molar-refractivity contribution >= 4 is 17.8 Å². The van der Waals surface area contributed by atoms with Gasteiger partial charge in [0.05, 0.1) is 6.54 Å². The highest BCUT2D eigenvalue weighted by atomic mass is 16.5. The lowest BCUT2D eigenvalue weighted by molar-refractivity contribution is -0.145. The molecule has 114 valence electrons. The molecule has 0 saturated carbocycles. The molecule has 1 aromatic rings. The summed E-state index contributed by atoms with van der Waals surface area (Å²) in [5, 5.41) is 13.5. The Balaban J connectivity index is 2.30. The molecule has 0 aliphatic carbocycles. The molecule has 0 heterocycles. The van der Waals surface area contributed by atoms with Gasteiger partial charge in [0.1, 0.15) is 11.3 Å². The highest BCUT2D eigenvalue weighted by Gasteiger charge is 2.28. The van der Waals surface area contributed by atoms with Crippen LogP contribution in [0.4, 0.5) is 0 Å². The molecule has 0 aliphatic heterocycles. The van der Waals surface area contributed by atoms with Crippen molar-refractivity contribution in [3.8, 4) is 5.75 Å². The molecular formula is C14H18N2O5. The average Bonchev–Trinajstić information content (AvgIpc) is 2.43. The zero-order chi connectivity index (χ0) is 15.9. The number of carboxylic acids is 1. The molecule has 0 saturated heterocycles. The van der Waals surface area contributed by atoms with Crippen LogP contribution in [0.3, 0.4) is 0 Å². The van der Waals surface area contributed by atoms with Crippen LogP contribution in [0.2, 0.25) is 0 Å². The lowest BCUT2D eigenvalue weighted by atomic mass is 10.1. The normalized spacial score (nSPS) is 10.6. The Morgan fingerprint density at radius 1 is 1.14 bits per heavy atom. The molecule has 3 N–H and O–H groups in total. The van der Waals surface area contributed by atoms with Gasteiger partial charge in [0.25, 0.3) is 5.91 Å². The number of para-hydroxylation sites is 1. The van der Waals surface area contributed by atoms with Crippen LogP contribution >= 0.6 is 0 Å². The summed E-state index contributed by atoms with van der Waals surface area (Å²) in [6.07, 6.45) is 0. The fraction of sp³-hybridized carbons (Fsp3) is 0.357. The molecule has 7 heteroatoms. The standard InChI is InChI=1S/C14H18N2O5/c1-14(2,13(19)20)16-11(17)8-15-12(18)9-21-10-6-4-3-5-7-10/h3-7H,8-9H2,1-2H3,(H,15,18)(H,16,17)(H,19,20). The molecule has 0 atom stereocenters. The van der Waals surface area contributed by atoms with E-state index in [1.807, 2.05) is 6.07 Å². The van der Waals surface area contributed by atoms with E-state index in [0.29, 0.717) is 5.75 Å². The Kier molecular flexibility index (Phi) is 5.71. The summed E-state index contributed by atoms with van der Waals surface area (Å²) in [7, 11) is 0. The van der Waals surface area contributed by atoms with E-state index in [4.69, 9.17) is 9.84 Å². The minimum absolute atomic E-state index is 0.223. The third-order valence-corrected chi connectivity index (χ3v) is 2.55. The fourth-order valence-corrected chi connectivity index (χ4v) is 1.34. The molecule has 0 aliphatic rings. The van der Waals surface area contributed by atoms with Crippen LogP contribution in [0, 0.1) is 0 Å². The number of carbonyl (C=O) groups is 3. The quantitative estimate of drug-likeness (QED) is 0.664. The van der Waals surface area contributed by atoms with Gasteiger partial charge in [-0.25, -0.2) is 4.79 Å². The van der Waals surface area contributed by atoms with Crippen LogP contribution in [-0.4, -0.2) is 41.6 Å². The maximum atomic E-state index is 11.5. The maximum absolute atomic E-state index is 11.5. The van der Waals surface area contributed by atoms with Crippen LogP contribution in [-0.2, 0) is 14.4 Å². The number of carbonyl (C=O) groups excluding carboxylic acids is 2. The van der Waals surface area contributed by atoms with E-state index in [2.05, 4.69) is 10.6 Å². The second kappa shape index (κ2) is 7.28. The first-order valence-electron chi connectivity index (χ1n) is 6.30. The highest BCUT2D eigenvalue weighted by molar-refractivity contribution is 5.89. The number of hydrogen-bond acceptors (Lipinski definition) is 4. The maximum Gasteiger partial charge on any atom is 0.328 e. The summed E-state index contributed by atoms with van der Waals surface area (Å²) in [4.78, 5) is 33.8. The third-order valence-electron chi connectivity index (χ3n) is 2.55. The minimum atomic E-state index is -1.39. The number of amides is 2. The highest BCUT2D eigenvalue weighted by Crippen LogP contribution is 2.07. The number of ether oxygens (including phenoxy) is 1. The van der Waals surface area contributed by atoms with Crippen molar-refractivity contribution in [3.63, 3.8) is 0 Å². The Morgan fingerprint density at radius 2 is 1.76 bits per heavy atom. The number of rotatable bonds is 7. The molecule has 7 nitrogen and oxygen atoms in total. The topological polar surface area (TPSA) is 105 Å². The van der Waals surface area contributed by atoms with E-state index in [0.717, 1.165) is 0 Å². The zero-order valence-corrected chi connectivity index (χ0v) is 11.9. The van der Waals surface area contributed by atoms with E-state index in [-0.39, 0.29) is 13.2 Å². The van der Waals surface area contributed by atoms with Crippen LogP contribution in [0.1, 0.15) is 13.8 Å². The first-order chi connectivity index (χ1) is 9.81. The van der Waals surface area contributed by atoms with Gasteiger partial charge in [0, 0.05) is 0 Å². The van der Waals surface area contributed by atoms with Gasteiger partial charge in [-0.1, -0.05) is 18.2 Å². The van der Waals surface area contributed by atoms with Crippen molar-refractivity contribution in [2.45, 2.75) is 19.4 Å². The second-order valence-corrected chi connectivity index (χ2v) is 4.86. The van der Waals surface area contributed by atoms with Crippen LogP contribution in [0.15, 0.2) is 30.3 Å². The van der Waals surface area contributed by atoms with Crippen molar-refractivity contribution in [3.05, 3.63) is 30.3 Å². The summed E-state index contributed by atoms with van der Waals surface area (Å²) in [6.45, 7) is 2.18. The smallest absolute Gasteiger partial charge is 0.328 e. The van der Waals surface area contributed by atoms with Crippen molar-refractivity contribution < 1.29 is 24.2 Å². The Labute approximate surface area is 122 Å². The Bertz CT molecular complexity index is 513. The summed E-state index contributed by atoms with van der Waals surface area (Å²) in [5.41, 5.74) is -1.39. The van der Waals surface area contributed by atoms with E-state index in [1.54, 1.807) is 24.3 Å². The van der Waals surface area contributed by atoms with Gasteiger partial charge in [-0.3, -0.25) is 9.59 Å². The van der Waals surface area contributed by atoms with E-state index in [9.17, 15) is 14.4 Å². The van der Waals surface area contributed by atoms with Gasteiger partial charge in [-0.15, -0.1) is 0 Å². The fourth-order valence-electron chi connectivity index (χ4n) is 1.34. The van der Waals surface area contributed by atoms with E-state index >= 15 is 0 Å². The number of aliphatic carboxylic acids is 1. The van der Waals surface area contributed by atoms with E-state index < -0.39 is 23.3 Å². The van der Waals surface area contributed by atoms with Crippen LogP contribution in [0.25, 0.3) is 0 Å². The molecular weight excluding hydrogens is 276 g/mol. The number of benzene rings is 1. The van der Waals surface area contributed by atoms with Gasteiger partial charge in [-0.2, -0.15) is 0 Å². The molecule has 0 fully saturated rings. The summed E-state index contributed by atoms with van der Waals surface area (Å²) in [5.74, 6) is -1.67. The summed E-state index contributed by atoms with van der Waals surface area (Å²) in [6, 6.07) is 8.77. The van der Waals surface area contributed by atoms with Crippen molar-refractivity contribution in [2.24, 2.45) is 0 Å². The molecule has 21 heavy (non-hydrogen) atoms. The number of carboxylic acid groups (broad SMARTS) is 1. The molecule has 1 aromatic carbocycles. The van der Waals surface area contributed by atoms with Crippen LogP contribution in [0.5, 0.6) is 5.75 Å². The first kappa shape index (κ1) is 16.5. The molecule has 0 unspecified atom stereocenters. The molecule has 2 amide bonds. The Morgan fingerprint density at radius 3 is 2.33 bits per heavy atom. The second-order valence-electron chi connectivity index (χ2n) is 4.86. The lowest BCUT2D eigenvalue weighted by Crippen LogP contribution is -2.52. The minimum Gasteiger partial charge on any atom is -0.484 e. The monoisotopic (exact) mass is 294 g/mol. The molecule has 0 bridgehead atoms. The summed E-state index contributed by atoms with van der Waals surface area (Å²) >= 11 is 0. The predicted octanol–water partition coefficient (Wildman–Crippen LogP) is 0.161. The summed E-state index contributed by atoms with van der Waals surface area (Å²) < 4.78 is 5.20. The van der Waals surface area contributed by atoms with Gasteiger partial charge in [-0.05, 0) is 26.0 Å². The SMILES string of the molecule is CC(C)(NC(=O)CNC(=O)COc1ccccc1)C(=O)O. The van der Waals surface area contributed by atoms with Crippen molar-refractivity contribution in [1.82, 2.24) is 10.6 Å². The first-order valence-corrected chi connectivity index (χ1v) is 6.30. The molecule has 0 radical (unpaired) electrons. The number of nitrogens with one attached hydrogen (secondary N) is 2.